The molecule has 0 aliphatic heterocycles. The van der Waals surface area contributed by atoms with Crippen LogP contribution in [-0.2, 0) is 17.1 Å². The van der Waals surface area contributed by atoms with Crippen LogP contribution in [0.1, 0.15) is 5.56 Å². The van der Waals surface area contributed by atoms with Gasteiger partial charge in [0, 0.05) is 7.05 Å². The summed E-state index contributed by atoms with van der Waals surface area (Å²) >= 11 is 11.7. The number of sulfonamides is 1. The summed E-state index contributed by atoms with van der Waals surface area (Å²) in [5, 5.41) is 8.63. The molecule has 0 fully saturated rings. The van der Waals surface area contributed by atoms with Crippen molar-refractivity contribution in [1.82, 2.24) is 9.55 Å². The number of aryl methyl sites for hydroxylation is 1. The van der Waals surface area contributed by atoms with Gasteiger partial charge in [0.15, 0.2) is 0 Å². The summed E-state index contributed by atoms with van der Waals surface area (Å²) in [5.74, 6) is 0. The molecule has 0 bridgehead atoms. The molecule has 20 heavy (non-hydrogen) atoms. The first-order chi connectivity index (χ1) is 9.35. The van der Waals surface area contributed by atoms with Crippen molar-refractivity contribution in [2.75, 3.05) is 4.72 Å². The minimum atomic E-state index is -3.91. The fourth-order valence-corrected chi connectivity index (χ4v) is 3.15. The van der Waals surface area contributed by atoms with E-state index in [-0.39, 0.29) is 26.5 Å². The van der Waals surface area contributed by atoms with Crippen molar-refractivity contribution in [3.8, 4) is 6.07 Å². The summed E-state index contributed by atoms with van der Waals surface area (Å²) in [6, 6.07) is 6.07. The number of nitrogens with zero attached hydrogens (tertiary/aromatic N) is 3. The van der Waals surface area contributed by atoms with Gasteiger partial charge in [-0.2, -0.15) is 13.7 Å². The van der Waals surface area contributed by atoms with E-state index < -0.39 is 10.0 Å². The minimum absolute atomic E-state index is 0.00255. The second-order valence-corrected chi connectivity index (χ2v) is 6.23. The Balaban J connectivity index is 2.37. The minimum Gasteiger partial charge on any atom is -0.324 e. The first-order valence-electron chi connectivity index (χ1n) is 5.24. The Hall–Kier alpha value is -1.75. The second kappa shape index (κ2) is 5.32. The summed E-state index contributed by atoms with van der Waals surface area (Å²) in [7, 11) is -2.34. The Morgan fingerprint density at radius 2 is 2.10 bits per heavy atom. The molecule has 0 saturated carbocycles. The van der Waals surface area contributed by atoms with Gasteiger partial charge in [-0.15, -0.1) is 0 Å². The number of anilines is 1. The van der Waals surface area contributed by atoms with E-state index in [1.807, 2.05) is 6.07 Å². The van der Waals surface area contributed by atoms with E-state index in [1.54, 1.807) is 7.05 Å². The van der Waals surface area contributed by atoms with E-state index in [4.69, 9.17) is 28.5 Å². The second-order valence-electron chi connectivity index (χ2n) is 3.86. The van der Waals surface area contributed by atoms with E-state index in [0.29, 0.717) is 0 Å². The molecular formula is C11H8Cl2N4O2S. The molecule has 0 amide bonds. The summed E-state index contributed by atoms with van der Waals surface area (Å²) < 4.78 is 27.9. The molecule has 2 aromatic rings. The highest BCUT2D eigenvalue weighted by molar-refractivity contribution is 7.92. The maximum Gasteiger partial charge on any atom is 0.282 e. The van der Waals surface area contributed by atoms with Crippen LogP contribution in [0.25, 0.3) is 0 Å². The number of nitriles is 1. The summed E-state index contributed by atoms with van der Waals surface area (Å²) in [5.41, 5.74) is 0.473. The number of rotatable bonds is 3. The normalized spacial score (nSPS) is 11.1. The number of aromatic nitrogens is 2. The number of imidazole rings is 1. The summed E-state index contributed by atoms with van der Waals surface area (Å²) in [4.78, 5) is 3.73. The standard InChI is InChI=1S/C11H8Cl2N4O2S/c1-17-6-15-11(10(17)13)20(18,19)16-8-3-2-7(5-14)9(12)4-8/h2-4,6,16H,1H3. The molecule has 0 radical (unpaired) electrons. The zero-order chi connectivity index (χ0) is 14.9. The molecule has 104 valence electrons. The Morgan fingerprint density at radius 3 is 2.60 bits per heavy atom. The molecular weight excluding hydrogens is 323 g/mol. The van der Waals surface area contributed by atoms with E-state index in [1.165, 1.54) is 29.1 Å². The van der Waals surface area contributed by atoms with Gasteiger partial charge >= 0.3 is 0 Å². The van der Waals surface area contributed by atoms with E-state index in [0.717, 1.165) is 0 Å². The lowest BCUT2D eigenvalue weighted by atomic mass is 10.2. The maximum atomic E-state index is 12.1. The Labute approximate surface area is 125 Å². The van der Waals surface area contributed by atoms with Crippen LogP contribution in [0.4, 0.5) is 5.69 Å². The summed E-state index contributed by atoms with van der Waals surface area (Å²) in [6.45, 7) is 0. The van der Waals surface area contributed by atoms with Gasteiger partial charge in [0.05, 0.1) is 22.6 Å². The van der Waals surface area contributed by atoms with Gasteiger partial charge in [0.25, 0.3) is 10.0 Å². The molecule has 0 aliphatic carbocycles. The van der Waals surface area contributed by atoms with Crippen LogP contribution in [0, 0.1) is 11.3 Å². The molecule has 0 spiro atoms. The van der Waals surface area contributed by atoms with Crippen molar-refractivity contribution in [3.05, 3.63) is 40.3 Å². The van der Waals surface area contributed by atoms with Crippen LogP contribution in [0.15, 0.2) is 29.6 Å². The molecule has 1 N–H and O–H groups in total. The van der Waals surface area contributed by atoms with Crippen LogP contribution in [0.3, 0.4) is 0 Å². The largest absolute Gasteiger partial charge is 0.324 e. The first-order valence-corrected chi connectivity index (χ1v) is 7.48. The topological polar surface area (TPSA) is 87.8 Å². The zero-order valence-electron chi connectivity index (χ0n) is 10.1. The van der Waals surface area contributed by atoms with Gasteiger partial charge in [-0.3, -0.25) is 4.72 Å². The van der Waals surface area contributed by atoms with Gasteiger partial charge in [0.2, 0.25) is 5.03 Å². The lowest BCUT2D eigenvalue weighted by Crippen LogP contribution is -2.14. The van der Waals surface area contributed by atoms with E-state index in [9.17, 15) is 8.42 Å². The monoisotopic (exact) mass is 330 g/mol. The highest BCUT2D eigenvalue weighted by Crippen LogP contribution is 2.24. The van der Waals surface area contributed by atoms with E-state index in [2.05, 4.69) is 9.71 Å². The third kappa shape index (κ3) is 2.72. The van der Waals surface area contributed by atoms with Gasteiger partial charge in [-0.25, -0.2) is 4.98 Å². The maximum absolute atomic E-state index is 12.1. The predicted octanol–water partition coefficient (Wildman–Crippen LogP) is 2.40. The third-order valence-electron chi connectivity index (χ3n) is 2.43. The molecule has 6 nitrogen and oxygen atoms in total. The Kier molecular flexibility index (Phi) is 3.90. The number of halogens is 2. The van der Waals surface area contributed by atoms with Gasteiger partial charge in [0.1, 0.15) is 11.2 Å². The van der Waals surface area contributed by atoms with Crippen LogP contribution in [-0.4, -0.2) is 18.0 Å². The number of benzene rings is 1. The fourth-order valence-electron chi connectivity index (χ4n) is 1.45. The molecule has 0 aliphatic rings. The third-order valence-corrected chi connectivity index (χ3v) is 4.61. The highest BCUT2D eigenvalue weighted by Gasteiger charge is 2.22. The van der Waals surface area contributed by atoms with Gasteiger partial charge in [-0.05, 0) is 18.2 Å². The first kappa shape index (κ1) is 14.7. The van der Waals surface area contributed by atoms with Crippen LogP contribution in [0.2, 0.25) is 10.2 Å². The lowest BCUT2D eigenvalue weighted by Gasteiger charge is -2.07. The van der Waals surface area contributed by atoms with Crippen molar-refractivity contribution in [2.24, 2.45) is 7.05 Å². The molecule has 2 rings (SSSR count). The molecule has 0 saturated heterocycles. The molecule has 9 heteroatoms. The van der Waals surface area contributed by atoms with Gasteiger partial charge < -0.3 is 4.57 Å². The van der Waals surface area contributed by atoms with Crippen LogP contribution < -0.4 is 4.72 Å². The van der Waals surface area contributed by atoms with Crippen molar-refractivity contribution in [3.63, 3.8) is 0 Å². The average Bonchev–Trinajstić information content (AvgIpc) is 2.70. The smallest absolute Gasteiger partial charge is 0.282 e. The molecule has 1 aromatic carbocycles. The quantitative estimate of drug-likeness (QED) is 0.935. The van der Waals surface area contributed by atoms with Crippen LogP contribution in [0.5, 0.6) is 0 Å². The van der Waals surface area contributed by atoms with Crippen molar-refractivity contribution in [2.45, 2.75) is 5.03 Å². The summed E-state index contributed by atoms with van der Waals surface area (Å²) in [6.07, 6.45) is 1.29. The number of hydrogen-bond donors (Lipinski definition) is 1. The number of nitrogens with one attached hydrogen (secondary N) is 1. The molecule has 0 unspecified atom stereocenters. The van der Waals surface area contributed by atoms with Crippen molar-refractivity contribution >= 4 is 38.9 Å². The Morgan fingerprint density at radius 1 is 1.40 bits per heavy atom. The fraction of sp³-hybridized carbons (Fsp3) is 0.0909. The van der Waals surface area contributed by atoms with Crippen molar-refractivity contribution < 1.29 is 8.42 Å². The van der Waals surface area contributed by atoms with Gasteiger partial charge in [-0.1, -0.05) is 23.2 Å². The lowest BCUT2D eigenvalue weighted by molar-refractivity contribution is 0.598. The average molecular weight is 331 g/mol. The molecule has 1 heterocycles. The number of hydrogen-bond acceptors (Lipinski definition) is 4. The predicted molar refractivity (Wildman–Crippen MR) is 75.2 cm³/mol. The zero-order valence-corrected chi connectivity index (χ0v) is 12.5. The SMILES string of the molecule is Cn1cnc(S(=O)(=O)Nc2ccc(C#N)c(Cl)c2)c1Cl. The Bertz CT molecular complexity index is 808. The van der Waals surface area contributed by atoms with E-state index >= 15 is 0 Å². The molecule has 0 atom stereocenters. The van der Waals surface area contributed by atoms with Crippen molar-refractivity contribution in [1.29, 1.82) is 5.26 Å². The van der Waals surface area contributed by atoms with Crippen LogP contribution >= 0.6 is 23.2 Å². The highest BCUT2D eigenvalue weighted by atomic mass is 35.5. The molecule has 1 aromatic heterocycles.